The highest BCUT2D eigenvalue weighted by Gasteiger charge is 2.23. The van der Waals surface area contributed by atoms with E-state index in [-0.39, 0.29) is 11.9 Å². The third kappa shape index (κ3) is 2.49. The van der Waals surface area contributed by atoms with E-state index in [1.54, 1.807) is 13.0 Å². The monoisotopic (exact) mass is 252 g/mol. The Bertz CT molecular complexity index is 428. The van der Waals surface area contributed by atoms with Crippen LogP contribution in [0.5, 0.6) is 0 Å². The average molecular weight is 252 g/mol. The molecular weight excluding hydrogens is 231 g/mol. The van der Waals surface area contributed by atoms with Gasteiger partial charge in [0.1, 0.15) is 5.82 Å². The van der Waals surface area contributed by atoms with Crippen molar-refractivity contribution < 1.29 is 9.13 Å². The van der Waals surface area contributed by atoms with Crippen LogP contribution >= 0.6 is 0 Å². The van der Waals surface area contributed by atoms with Gasteiger partial charge in [0, 0.05) is 25.4 Å². The number of nitrogens with zero attached hydrogens (tertiary/aromatic N) is 1. The van der Waals surface area contributed by atoms with Crippen LogP contribution in [-0.4, -0.2) is 26.3 Å². The van der Waals surface area contributed by atoms with E-state index in [1.165, 1.54) is 0 Å². The second-order valence-corrected chi connectivity index (χ2v) is 5.08. The van der Waals surface area contributed by atoms with Gasteiger partial charge in [-0.3, -0.25) is 0 Å². The number of likely N-dealkylation sites (N-methyl/N-ethyl adjacent to an activating group) is 1. The van der Waals surface area contributed by atoms with Crippen molar-refractivity contribution in [3.63, 3.8) is 0 Å². The Balaban J connectivity index is 2.38. The van der Waals surface area contributed by atoms with Gasteiger partial charge in [-0.2, -0.15) is 0 Å². The first-order valence-corrected chi connectivity index (χ1v) is 6.37. The molecule has 1 fully saturated rings. The predicted molar refractivity (Wildman–Crippen MR) is 71.4 cm³/mol. The van der Waals surface area contributed by atoms with E-state index in [2.05, 4.69) is 4.90 Å². The first kappa shape index (κ1) is 13.3. The number of halogens is 1. The minimum atomic E-state index is -0.192. The fourth-order valence-corrected chi connectivity index (χ4v) is 2.38. The average Bonchev–Trinajstić information content (AvgIpc) is 2.84. The van der Waals surface area contributed by atoms with Gasteiger partial charge in [0.05, 0.1) is 12.6 Å². The minimum absolute atomic E-state index is 0.181. The molecule has 2 rings (SSSR count). The zero-order chi connectivity index (χ0) is 13.3. The molecule has 3 nitrogen and oxygen atoms in total. The number of hydrogen-bond donors (Lipinski definition) is 1. The molecule has 2 atom stereocenters. The van der Waals surface area contributed by atoms with E-state index in [9.17, 15) is 4.39 Å². The summed E-state index contributed by atoms with van der Waals surface area (Å²) < 4.78 is 19.1. The number of nitrogens with two attached hydrogens (primary N) is 1. The molecule has 1 saturated heterocycles. The third-order valence-corrected chi connectivity index (χ3v) is 3.63. The Kier molecular flexibility index (Phi) is 3.88. The van der Waals surface area contributed by atoms with Gasteiger partial charge in [0.25, 0.3) is 0 Å². The smallest absolute Gasteiger partial charge is 0.126 e. The van der Waals surface area contributed by atoms with Crippen molar-refractivity contribution in [3.05, 3.63) is 29.1 Å². The van der Waals surface area contributed by atoms with Gasteiger partial charge in [-0.1, -0.05) is 0 Å². The van der Waals surface area contributed by atoms with Crippen molar-refractivity contribution in [2.24, 2.45) is 5.73 Å². The fourth-order valence-electron chi connectivity index (χ4n) is 2.38. The summed E-state index contributed by atoms with van der Waals surface area (Å²) in [6, 6.07) is 3.61. The molecule has 1 aromatic carbocycles. The molecule has 0 spiro atoms. The zero-order valence-electron chi connectivity index (χ0n) is 11.2. The van der Waals surface area contributed by atoms with Crippen LogP contribution in [0.25, 0.3) is 0 Å². The molecule has 0 aromatic heterocycles. The molecular formula is C14H21FN2O. The summed E-state index contributed by atoms with van der Waals surface area (Å²) in [6.45, 7) is 5.18. The molecule has 2 N–H and O–H groups in total. The van der Waals surface area contributed by atoms with E-state index >= 15 is 0 Å². The molecule has 1 aliphatic rings. The molecule has 100 valence electrons. The Hall–Kier alpha value is -1.13. The second-order valence-electron chi connectivity index (χ2n) is 5.08. The number of ether oxygens (including phenoxy) is 1. The molecule has 18 heavy (non-hydrogen) atoms. The van der Waals surface area contributed by atoms with E-state index in [1.807, 2.05) is 20.0 Å². The Morgan fingerprint density at radius 3 is 2.78 bits per heavy atom. The topological polar surface area (TPSA) is 38.5 Å². The molecule has 0 radical (unpaired) electrons. The normalized spacial score (nSPS) is 21.1. The summed E-state index contributed by atoms with van der Waals surface area (Å²) in [5.74, 6) is -0.192. The van der Waals surface area contributed by atoms with E-state index < -0.39 is 0 Å². The predicted octanol–water partition coefficient (Wildman–Crippen LogP) is 2.38. The highest BCUT2D eigenvalue weighted by molar-refractivity contribution is 5.57. The lowest BCUT2D eigenvalue weighted by Crippen LogP contribution is -2.33. The number of anilines is 1. The first-order chi connectivity index (χ1) is 8.50. The molecule has 0 bridgehead atoms. The van der Waals surface area contributed by atoms with Crippen LogP contribution < -0.4 is 10.6 Å². The molecule has 2 unspecified atom stereocenters. The maximum absolute atomic E-state index is 13.7. The van der Waals surface area contributed by atoms with Gasteiger partial charge in [-0.25, -0.2) is 4.39 Å². The van der Waals surface area contributed by atoms with E-state index in [0.717, 1.165) is 30.9 Å². The van der Waals surface area contributed by atoms with Crippen molar-refractivity contribution in [3.8, 4) is 0 Å². The molecule has 0 amide bonds. The maximum Gasteiger partial charge on any atom is 0.126 e. The summed E-state index contributed by atoms with van der Waals surface area (Å²) in [5, 5.41) is 0. The van der Waals surface area contributed by atoms with Crippen molar-refractivity contribution >= 4 is 5.69 Å². The Morgan fingerprint density at radius 1 is 1.50 bits per heavy atom. The van der Waals surface area contributed by atoms with Crippen LogP contribution in [0.4, 0.5) is 10.1 Å². The minimum Gasteiger partial charge on any atom is -0.379 e. The quantitative estimate of drug-likeness (QED) is 0.897. The second kappa shape index (κ2) is 5.24. The summed E-state index contributed by atoms with van der Waals surface area (Å²) in [5.41, 5.74) is 8.47. The molecule has 1 aromatic rings. The molecule has 4 heteroatoms. The van der Waals surface area contributed by atoms with Gasteiger partial charge in [-0.05, 0) is 43.5 Å². The number of benzene rings is 1. The van der Waals surface area contributed by atoms with Crippen molar-refractivity contribution in [2.45, 2.75) is 32.4 Å². The largest absolute Gasteiger partial charge is 0.379 e. The molecule has 0 aliphatic carbocycles. The number of rotatable bonds is 3. The zero-order valence-corrected chi connectivity index (χ0v) is 11.2. The highest BCUT2D eigenvalue weighted by Crippen LogP contribution is 2.30. The molecule has 1 aliphatic heterocycles. The van der Waals surface area contributed by atoms with Gasteiger partial charge in [0.2, 0.25) is 0 Å². The number of hydrogen-bond acceptors (Lipinski definition) is 3. The number of aryl methyl sites for hydroxylation is 1. The van der Waals surface area contributed by atoms with E-state index in [0.29, 0.717) is 11.6 Å². The van der Waals surface area contributed by atoms with Crippen LogP contribution in [0.2, 0.25) is 0 Å². The molecule has 0 saturated carbocycles. The lowest BCUT2D eigenvalue weighted by molar-refractivity contribution is 0.193. The summed E-state index contributed by atoms with van der Waals surface area (Å²) in [4.78, 5) is 2.16. The van der Waals surface area contributed by atoms with Crippen LogP contribution in [0.15, 0.2) is 12.1 Å². The lowest BCUT2D eigenvalue weighted by Gasteiger charge is -2.29. The van der Waals surface area contributed by atoms with Crippen molar-refractivity contribution in [1.82, 2.24) is 0 Å². The van der Waals surface area contributed by atoms with Crippen LogP contribution in [0.1, 0.15) is 30.5 Å². The van der Waals surface area contributed by atoms with Crippen LogP contribution in [0, 0.1) is 12.7 Å². The van der Waals surface area contributed by atoms with Crippen molar-refractivity contribution in [2.75, 3.05) is 25.2 Å². The van der Waals surface area contributed by atoms with Crippen LogP contribution in [0.3, 0.4) is 0 Å². The van der Waals surface area contributed by atoms with Gasteiger partial charge >= 0.3 is 0 Å². The van der Waals surface area contributed by atoms with Gasteiger partial charge < -0.3 is 15.4 Å². The van der Waals surface area contributed by atoms with Crippen molar-refractivity contribution in [1.29, 1.82) is 0 Å². The van der Waals surface area contributed by atoms with E-state index in [4.69, 9.17) is 10.5 Å². The van der Waals surface area contributed by atoms with Crippen LogP contribution in [-0.2, 0) is 4.74 Å². The highest BCUT2D eigenvalue weighted by atomic mass is 19.1. The third-order valence-electron chi connectivity index (χ3n) is 3.63. The van der Waals surface area contributed by atoms with Gasteiger partial charge in [-0.15, -0.1) is 0 Å². The van der Waals surface area contributed by atoms with Gasteiger partial charge in [0.15, 0.2) is 0 Å². The lowest BCUT2D eigenvalue weighted by atomic mass is 10.0. The SMILES string of the molecule is Cc1cc(N(C)C2CCOC2)c(C(C)N)cc1F. The maximum atomic E-state index is 13.7. The summed E-state index contributed by atoms with van der Waals surface area (Å²) >= 11 is 0. The standard InChI is InChI=1S/C14H21FN2O/c1-9-6-14(12(10(2)16)7-13(9)15)17(3)11-4-5-18-8-11/h6-7,10-11H,4-5,8,16H2,1-3H3. The fraction of sp³-hybridized carbons (Fsp3) is 0.571. The summed E-state index contributed by atoms with van der Waals surface area (Å²) in [6.07, 6.45) is 1.01. The Morgan fingerprint density at radius 2 is 2.22 bits per heavy atom. The first-order valence-electron chi connectivity index (χ1n) is 6.37. The summed E-state index contributed by atoms with van der Waals surface area (Å²) in [7, 11) is 2.03. The Labute approximate surface area is 108 Å². The molecule has 1 heterocycles.